The highest BCUT2D eigenvalue weighted by molar-refractivity contribution is 5.96. The number of fused-ring (bicyclic) bond motifs is 1. The molecule has 20 heavy (non-hydrogen) atoms. The maximum Gasteiger partial charge on any atom is 0.257 e. The van der Waals surface area contributed by atoms with E-state index in [1.54, 1.807) is 25.6 Å². The monoisotopic (exact) mass is 276 g/mol. The van der Waals surface area contributed by atoms with Crippen molar-refractivity contribution in [3.8, 4) is 5.75 Å². The molecule has 0 radical (unpaired) electrons. The summed E-state index contributed by atoms with van der Waals surface area (Å²) >= 11 is 0. The van der Waals surface area contributed by atoms with Gasteiger partial charge >= 0.3 is 0 Å². The van der Waals surface area contributed by atoms with Gasteiger partial charge in [-0.1, -0.05) is 0 Å². The molecule has 108 valence electrons. The molecule has 1 aromatic heterocycles. The number of likely N-dealkylation sites (tertiary alicyclic amines) is 1. The van der Waals surface area contributed by atoms with Gasteiger partial charge in [0.1, 0.15) is 5.75 Å². The number of aromatic nitrogens is 1. The fourth-order valence-electron chi connectivity index (χ4n) is 3.27. The minimum absolute atomic E-state index is 0.0299. The Morgan fingerprint density at radius 1 is 1.55 bits per heavy atom. The molecule has 1 aromatic rings. The van der Waals surface area contributed by atoms with Crippen LogP contribution in [0.2, 0.25) is 0 Å². The van der Waals surface area contributed by atoms with Crippen LogP contribution in [0.15, 0.2) is 18.5 Å². The normalized spacial score (nSPS) is 29.1. The van der Waals surface area contributed by atoms with Gasteiger partial charge in [0.15, 0.2) is 0 Å². The van der Waals surface area contributed by atoms with Gasteiger partial charge in [-0.2, -0.15) is 0 Å². The van der Waals surface area contributed by atoms with Crippen LogP contribution in [0.1, 0.15) is 30.1 Å². The summed E-state index contributed by atoms with van der Waals surface area (Å²) in [5.41, 5.74) is 0.591. The van der Waals surface area contributed by atoms with Gasteiger partial charge in [0.25, 0.3) is 5.91 Å². The molecule has 2 fully saturated rings. The number of piperidine rings is 1. The van der Waals surface area contributed by atoms with E-state index in [-0.39, 0.29) is 5.91 Å². The molecule has 0 aromatic carbocycles. The second-order valence-corrected chi connectivity index (χ2v) is 5.60. The third-order valence-electron chi connectivity index (χ3n) is 4.23. The number of rotatable bonds is 2. The van der Waals surface area contributed by atoms with Gasteiger partial charge in [-0.25, -0.2) is 0 Å². The van der Waals surface area contributed by atoms with E-state index in [1.807, 2.05) is 4.90 Å². The molecule has 3 atom stereocenters. The number of hydrogen-bond donors (Lipinski definition) is 0. The summed E-state index contributed by atoms with van der Waals surface area (Å²) in [6, 6.07) is 1.72. The second kappa shape index (κ2) is 5.40. The van der Waals surface area contributed by atoms with Crippen LogP contribution in [-0.2, 0) is 4.74 Å². The highest BCUT2D eigenvalue weighted by Gasteiger charge is 2.39. The van der Waals surface area contributed by atoms with Gasteiger partial charge in [-0.15, -0.1) is 0 Å². The summed E-state index contributed by atoms with van der Waals surface area (Å²) in [6.45, 7) is 3.63. The van der Waals surface area contributed by atoms with Crippen molar-refractivity contribution < 1.29 is 14.3 Å². The summed E-state index contributed by atoms with van der Waals surface area (Å²) < 4.78 is 11.1. The Labute approximate surface area is 118 Å². The second-order valence-electron chi connectivity index (χ2n) is 5.60. The Hall–Kier alpha value is -1.62. The topological polar surface area (TPSA) is 51.7 Å². The summed E-state index contributed by atoms with van der Waals surface area (Å²) in [5.74, 6) is 1.04. The van der Waals surface area contributed by atoms with E-state index >= 15 is 0 Å². The Kier molecular flexibility index (Phi) is 3.61. The van der Waals surface area contributed by atoms with Gasteiger partial charge < -0.3 is 14.4 Å². The van der Waals surface area contributed by atoms with Crippen molar-refractivity contribution in [3.05, 3.63) is 24.0 Å². The average Bonchev–Trinajstić information content (AvgIpc) is 2.85. The van der Waals surface area contributed by atoms with Crippen molar-refractivity contribution >= 4 is 5.91 Å². The van der Waals surface area contributed by atoms with Gasteiger partial charge in [-0.05, 0) is 25.8 Å². The van der Waals surface area contributed by atoms with E-state index in [2.05, 4.69) is 11.9 Å². The smallest absolute Gasteiger partial charge is 0.257 e. The van der Waals surface area contributed by atoms with Crippen molar-refractivity contribution in [2.24, 2.45) is 5.92 Å². The van der Waals surface area contributed by atoms with Gasteiger partial charge in [0.2, 0.25) is 0 Å². The highest BCUT2D eigenvalue weighted by Crippen LogP contribution is 2.33. The zero-order valence-corrected chi connectivity index (χ0v) is 11.9. The third-order valence-corrected chi connectivity index (χ3v) is 4.23. The van der Waals surface area contributed by atoms with Crippen molar-refractivity contribution in [3.63, 3.8) is 0 Å². The number of hydrogen-bond acceptors (Lipinski definition) is 4. The van der Waals surface area contributed by atoms with Crippen molar-refractivity contribution in [2.45, 2.75) is 32.0 Å². The average molecular weight is 276 g/mol. The Bertz CT molecular complexity index is 506. The molecule has 2 saturated heterocycles. The molecule has 2 aliphatic rings. The van der Waals surface area contributed by atoms with E-state index in [9.17, 15) is 4.79 Å². The van der Waals surface area contributed by atoms with E-state index in [0.717, 1.165) is 25.9 Å². The van der Waals surface area contributed by atoms with E-state index in [0.29, 0.717) is 29.4 Å². The number of amides is 1. The Morgan fingerprint density at radius 3 is 3.20 bits per heavy atom. The predicted octanol–water partition coefficient (Wildman–Crippen LogP) is 1.73. The molecule has 5 heteroatoms. The Morgan fingerprint density at radius 2 is 2.40 bits per heavy atom. The number of carbonyl (C=O) groups is 1. The van der Waals surface area contributed by atoms with Crippen molar-refractivity contribution in [2.75, 3.05) is 20.2 Å². The molecule has 3 rings (SSSR count). The standard InChI is InChI=1S/C15H20N2O3/c1-10-7-11-9-17(6-4-13(11)20-10)15(18)12-3-5-16-8-14(12)19-2/h3,5,8,10-11,13H,4,6-7,9H2,1-2H3/t10-,11-,13-/m0/s1. The zero-order valence-electron chi connectivity index (χ0n) is 11.9. The molecular weight excluding hydrogens is 256 g/mol. The quantitative estimate of drug-likeness (QED) is 0.825. The summed E-state index contributed by atoms with van der Waals surface area (Å²) in [7, 11) is 1.56. The molecule has 0 saturated carbocycles. The highest BCUT2D eigenvalue weighted by atomic mass is 16.5. The predicted molar refractivity (Wildman–Crippen MR) is 73.8 cm³/mol. The maximum absolute atomic E-state index is 12.6. The van der Waals surface area contributed by atoms with Crippen molar-refractivity contribution in [1.29, 1.82) is 0 Å². The van der Waals surface area contributed by atoms with Gasteiger partial charge in [0.05, 0.1) is 31.1 Å². The van der Waals surface area contributed by atoms with E-state index in [4.69, 9.17) is 9.47 Å². The van der Waals surface area contributed by atoms with Crippen LogP contribution in [0.25, 0.3) is 0 Å². The minimum Gasteiger partial charge on any atom is -0.494 e. The number of nitrogens with zero attached hydrogens (tertiary/aromatic N) is 2. The first-order valence-corrected chi connectivity index (χ1v) is 7.11. The summed E-state index contributed by atoms with van der Waals surface area (Å²) in [4.78, 5) is 18.5. The zero-order chi connectivity index (χ0) is 14.1. The fraction of sp³-hybridized carbons (Fsp3) is 0.600. The van der Waals surface area contributed by atoms with Crippen molar-refractivity contribution in [1.82, 2.24) is 9.88 Å². The molecule has 1 amide bonds. The Balaban J connectivity index is 1.75. The lowest BCUT2D eigenvalue weighted by atomic mass is 9.92. The first kappa shape index (κ1) is 13.4. The van der Waals surface area contributed by atoms with Crippen LogP contribution in [0, 0.1) is 5.92 Å². The van der Waals surface area contributed by atoms with Crippen LogP contribution in [0.4, 0.5) is 0 Å². The van der Waals surface area contributed by atoms with E-state index in [1.165, 1.54) is 0 Å². The number of ether oxygens (including phenoxy) is 2. The fourth-order valence-corrected chi connectivity index (χ4v) is 3.27. The van der Waals surface area contributed by atoms with Gasteiger partial charge in [0, 0.05) is 25.2 Å². The van der Waals surface area contributed by atoms with E-state index < -0.39 is 0 Å². The lowest BCUT2D eigenvalue weighted by molar-refractivity contribution is 0.00858. The molecule has 5 nitrogen and oxygen atoms in total. The number of pyridine rings is 1. The molecule has 3 heterocycles. The van der Waals surface area contributed by atoms with Gasteiger partial charge in [-0.3, -0.25) is 9.78 Å². The van der Waals surface area contributed by atoms with Crippen LogP contribution in [0.3, 0.4) is 0 Å². The summed E-state index contributed by atoms with van der Waals surface area (Å²) in [5, 5.41) is 0. The van der Waals surface area contributed by atoms with Crippen LogP contribution >= 0.6 is 0 Å². The summed E-state index contributed by atoms with van der Waals surface area (Å²) in [6.07, 6.45) is 5.82. The first-order valence-electron chi connectivity index (χ1n) is 7.11. The van der Waals surface area contributed by atoms with Crippen LogP contribution in [0.5, 0.6) is 5.75 Å². The lowest BCUT2D eigenvalue weighted by Crippen LogP contribution is -2.44. The third kappa shape index (κ3) is 2.38. The van der Waals surface area contributed by atoms with Crippen LogP contribution in [-0.4, -0.2) is 48.2 Å². The molecule has 0 N–H and O–H groups in total. The number of methoxy groups -OCH3 is 1. The molecular formula is C15H20N2O3. The first-order chi connectivity index (χ1) is 9.69. The minimum atomic E-state index is 0.0299. The molecule has 2 aliphatic heterocycles. The number of carbonyl (C=O) groups excluding carboxylic acids is 1. The molecule has 0 spiro atoms. The molecule has 0 unspecified atom stereocenters. The molecule has 0 bridgehead atoms. The largest absolute Gasteiger partial charge is 0.494 e. The lowest BCUT2D eigenvalue weighted by Gasteiger charge is -2.34. The molecule has 0 aliphatic carbocycles. The SMILES string of the molecule is COc1cnccc1C(=O)N1CC[C@@H]2O[C@@H](C)C[C@H]2C1. The maximum atomic E-state index is 12.6. The van der Waals surface area contributed by atoms with Crippen LogP contribution < -0.4 is 4.74 Å².